The zero-order chi connectivity index (χ0) is 11.1. The highest BCUT2D eigenvalue weighted by Gasteiger charge is 2.14. The standard InChI is InChI=1S/C13H26N2O/c1-2-4-10-15(9-3-1)11-12-16-13-5-7-14-8-6-13/h13-14H,1-12H2. The third kappa shape index (κ3) is 4.40. The Hall–Kier alpha value is -0.120. The normalized spacial score (nSPS) is 25.5. The number of nitrogens with zero attached hydrogens (tertiary/aromatic N) is 1. The van der Waals surface area contributed by atoms with Crippen molar-refractivity contribution in [2.75, 3.05) is 39.3 Å². The van der Waals surface area contributed by atoms with Gasteiger partial charge in [0.2, 0.25) is 0 Å². The van der Waals surface area contributed by atoms with E-state index in [1.165, 1.54) is 51.6 Å². The van der Waals surface area contributed by atoms with E-state index in [1.807, 2.05) is 0 Å². The Morgan fingerprint density at radius 2 is 1.69 bits per heavy atom. The van der Waals surface area contributed by atoms with Crippen LogP contribution in [0.2, 0.25) is 0 Å². The summed E-state index contributed by atoms with van der Waals surface area (Å²) in [6.07, 6.45) is 8.52. The number of nitrogens with one attached hydrogen (secondary N) is 1. The Bertz CT molecular complexity index is 173. The van der Waals surface area contributed by atoms with E-state index in [0.717, 1.165) is 26.2 Å². The molecule has 0 atom stereocenters. The Labute approximate surface area is 99.5 Å². The SMILES string of the molecule is C1CCCN(CCOC2CCNCC2)CC1. The van der Waals surface area contributed by atoms with E-state index in [4.69, 9.17) is 4.74 Å². The van der Waals surface area contributed by atoms with Gasteiger partial charge in [-0.25, -0.2) is 0 Å². The molecule has 2 fully saturated rings. The lowest BCUT2D eigenvalue weighted by Gasteiger charge is -2.25. The minimum atomic E-state index is 0.522. The molecule has 0 spiro atoms. The van der Waals surface area contributed by atoms with E-state index >= 15 is 0 Å². The van der Waals surface area contributed by atoms with E-state index in [2.05, 4.69) is 10.2 Å². The summed E-state index contributed by atoms with van der Waals surface area (Å²) in [5.41, 5.74) is 0. The van der Waals surface area contributed by atoms with Crippen LogP contribution in [-0.4, -0.2) is 50.3 Å². The van der Waals surface area contributed by atoms with Crippen molar-refractivity contribution >= 4 is 0 Å². The van der Waals surface area contributed by atoms with Gasteiger partial charge < -0.3 is 15.0 Å². The average molecular weight is 226 g/mol. The molecule has 2 aliphatic rings. The topological polar surface area (TPSA) is 24.5 Å². The third-order valence-electron chi connectivity index (χ3n) is 3.75. The van der Waals surface area contributed by atoms with Gasteiger partial charge in [0.05, 0.1) is 12.7 Å². The molecule has 3 heteroatoms. The van der Waals surface area contributed by atoms with Gasteiger partial charge in [-0.2, -0.15) is 0 Å². The van der Waals surface area contributed by atoms with Crippen molar-refractivity contribution in [3.8, 4) is 0 Å². The highest BCUT2D eigenvalue weighted by molar-refractivity contribution is 4.69. The van der Waals surface area contributed by atoms with Crippen LogP contribution in [0.5, 0.6) is 0 Å². The molecule has 0 aromatic heterocycles. The first-order valence-corrected chi connectivity index (χ1v) is 7.00. The number of rotatable bonds is 4. The van der Waals surface area contributed by atoms with E-state index in [9.17, 15) is 0 Å². The lowest BCUT2D eigenvalue weighted by atomic mass is 10.1. The maximum Gasteiger partial charge on any atom is 0.0600 e. The molecule has 0 amide bonds. The van der Waals surface area contributed by atoms with Gasteiger partial charge in [-0.1, -0.05) is 12.8 Å². The monoisotopic (exact) mass is 226 g/mol. The van der Waals surface area contributed by atoms with Gasteiger partial charge >= 0.3 is 0 Å². The van der Waals surface area contributed by atoms with E-state index < -0.39 is 0 Å². The first kappa shape index (κ1) is 12.3. The van der Waals surface area contributed by atoms with Gasteiger partial charge in [0.1, 0.15) is 0 Å². The first-order valence-electron chi connectivity index (χ1n) is 7.00. The van der Waals surface area contributed by atoms with Crippen molar-refractivity contribution in [1.29, 1.82) is 0 Å². The van der Waals surface area contributed by atoms with Crippen molar-refractivity contribution in [3.05, 3.63) is 0 Å². The van der Waals surface area contributed by atoms with Gasteiger partial charge in [-0.05, 0) is 51.9 Å². The minimum absolute atomic E-state index is 0.522. The summed E-state index contributed by atoms with van der Waals surface area (Å²) in [4.78, 5) is 2.58. The zero-order valence-electron chi connectivity index (χ0n) is 10.4. The predicted molar refractivity (Wildman–Crippen MR) is 66.8 cm³/mol. The fourth-order valence-electron chi connectivity index (χ4n) is 2.67. The van der Waals surface area contributed by atoms with Crippen LogP contribution in [0.4, 0.5) is 0 Å². The molecule has 1 N–H and O–H groups in total. The second kappa shape index (κ2) is 7.25. The van der Waals surface area contributed by atoms with Gasteiger partial charge in [0.25, 0.3) is 0 Å². The maximum absolute atomic E-state index is 5.94. The van der Waals surface area contributed by atoms with Crippen LogP contribution >= 0.6 is 0 Å². The Morgan fingerprint density at radius 1 is 1.00 bits per heavy atom. The van der Waals surface area contributed by atoms with Crippen LogP contribution in [0.15, 0.2) is 0 Å². The van der Waals surface area contributed by atoms with E-state index in [-0.39, 0.29) is 0 Å². The van der Waals surface area contributed by atoms with Gasteiger partial charge in [0.15, 0.2) is 0 Å². The predicted octanol–water partition coefficient (Wildman–Crippen LogP) is 1.63. The summed E-state index contributed by atoms with van der Waals surface area (Å²) in [7, 11) is 0. The van der Waals surface area contributed by atoms with Crippen molar-refractivity contribution in [2.45, 2.75) is 44.6 Å². The summed E-state index contributed by atoms with van der Waals surface area (Å²) in [6.45, 7) is 6.92. The van der Waals surface area contributed by atoms with Crippen molar-refractivity contribution in [1.82, 2.24) is 10.2 Å². The lowest BCUT2D eigenvalue weighted by molar-refractivity contribution is 0.0205. The van der Waals surface area contributed by atoms with Crippen molar-refractivity contribution < 1.29 is 4.74 Å². The summed E-state index contributed by atoms with van der Waals surface area (Å²) < 4.78 is 5.94. The quantitative estimate of drug-likeness (QED) is 0.788. The summed E-state index contributed by atoms with van der Waals surface area (Å²) in [5.74, 6) is 0. The smallest absolute Gasteiger partial charge is 0.0600 e. The molecule has 0 radical (unpaired) electrons. The molecule has 16 heavy (non-hydrogen) atoms. The van der Waals surface area contributed by atoms with Crippen molar-refractivity contribution in [3.63, 3.8) is 0 Å². The number of hydrogen-bond donors (Lipinski definition) is 1. The molecule has 0 aromatic rings. The highest BCUT2D eigenvalue weighted by atomic mass is 16.5. The fourth-order valence-corrected chi connectivity index (χ4v) is 2.67. The molecule has 0 aromatic carbocycles. The first-order chi connectivity index (χ1) is 7.95. The van der Waals surface area contributed by atoms with Crippen LogP contribution in [0.3, 0.4) is 0 Å². The van der Waals surface area contributed by atoms with Crippen LogP contribution < -0.4 is 5.32 Å². The zero-order valence-corrected chi connectivity index (χ0v) is 10.4. The molecule has 2 rings (SSSR count). The molecule has 0 unspecified atom stereocenters. The molecule has 2 heterocycles. The van der Waals surface area contributed by atoms with Crippen molar-refractivity contribution in [2.24, 2.45) is 0 Å². The van der Waals surface area contributed by atoms with E-state index in [1.54, 1.807) is 0 Å². The van der Waals surface area contributed by atoms with Crippen LogP contribution in [-0.2, 0) is 4.74 Å². The van der Waals surface area contributed by atoms with Crippen LogP contribution in [0.25, 0.3) is 0 Å². The fraction of sp³-hybridized carbons (Fsp3) is 1.00. The Kier molecular flexibility index (Phi) is 5.59. The minimum Gasteiger partial charge on any atom is -0.377 e. The number of ether oxygens (including phenoxy) is 1. The van der Waals surface area contributed by atoms with Crippen LogP contribution in [0.1, 0.15) is 38.5 Å². The van der Waals surface area contributed by atoms with Gasteiger partial charge in [-0.15, -0.1) is 0 Å². The molecule has 0 aliphatic carbocycles. The molecule has 94 valence electrons. The van der Waals surface area contributed by atoms with E-state index in [0.29, 0.717) is 6.10 Å². The largest absolute Gasteiger partial charge is 0.377 e. The number of piperidine rings is 1. The summed E-state index contributed by atoms with van der Waals surface area (Å²) in [6, 6.07) is 0. The molecule has 3 nitrogen and oxygen atoms in total. The molecule has 2 aliphatic heterocycles. The molecule has 2 saturated heterocycles. The molecular weight excluding hydrogens is 200 g/mol. The second-order valence-corrected chi connectivity index (χ2v) is 5.08. The van der Waals surface area contributed by atoms with Crippen LogP contribution in [0, 0.1) is 0 Å². The average Bonchev–Trinajstić information content (AvgIpc) is 2.59. The Balaban J connectivity index is 1.55. The number of likely N-dealkylation sites (tertiary alicyclic amines) is 1. The summed E-state index contributed by atoms with van der Waals surface area (Å²) >= 11 is 0. The second-order valence-electron chi connectivity index (χ2n) is 5.08. The maximum atomic E-state index is 5.94. The lowest BCUT2D eigenvalue weighted by Crippen LogP contribution is -2.35. The summed E-state index contributed by atoms with van der Waals surface area (Å²) in [5, 5.41) is 3.37. The Morgan fingerprint density at radius 3 is 2.38 bits per heavy atom. The van der Waals surface area contributed by atoms with Gasteiger partial charge in [-0.3, -0.25) is 0 Å². The molecule has 0 saturated carbocycles. The highest BCUT2D eigenvalue weighted by Crippen LogP contribution is 2.10. The molecule has 0 bridgehead atoms. The number of hydrogen-bond acceptors (Lipinski definition) is 3. The third-order valence-corrected chi connectivity index (χ3v) is 3.75. The molecular formula is C13H26N2O. The van der Waals surface area contributed by atoms with Gasteiger partial charge in [0, 0.05) is 6.54 Å².